The molecule has 1 spiro atoms. The number of rotatable bonds is 9. The Morgan fingerprint density at radius 2 is 1.91 bits per heavy atom. The lowest BCUT2D eigenvalue weighted by Crippen LogP contribution is -2.48. The molecular weight excluding hydrogens is 604 g/mol. The van der Waals surface area contributed by atoms with Crippen LogP contribution >= 0.6 is 11.3 Å². The quantitative estimate of drug-likeness (QED) is 0.177. The number of benzene rings is 2. The first-order chi connectivity index (χ1) is 21.0. The monoisotopic (exact) mass is 640 g/mol. The highest BCUT2D eigenvalue weighted by molar-refractivity contribution is 7.91. The molecular formula is C32H37FN4O5S2. The largest absolute Gasteiger partial charge is 0.366 e. The molecule has 12 heteroatoms. The summed E-state index contributed by atoms with van der Waals surface area (Å²) >= 11 is 1.48. The third-order valence-corrected chi connectivity index (χ3v) is 11.7. The zero-order valence-corrected chi connectivity index (χ0v) is 26.6. The molecule has 1 saturated heterocycles. The molecule has 0 saturated carbocycles. The van der Waals surface area contributed by atoms with Gasteiger partial charge in [-0.25, -0.2) is 12.8 Å². The van der Waals surface area contributed by atoms with E-state index in [2.05, 4.69) is 22.5 Å². The van der Waals surface area contributed by atoms with Crippen LogP contribution in [0.15, 0.2) is 53.4 Å². The van der Waals surface area contributed by atoms with Crippen LogP contribution in [0.1, 0.15) is 76.5 Å². The molecule has 2 atom stereocenters. The van der Waals surface area contributed by atoms with Gasteiger partial charge in [-0.1, -0.05) is 25.1 Å². The lowest BCUT2D eigenvalue weighted by molar-refractivity contribution is -0.134. The van der Waals surface area contributed by atoms with Gasteiger partial charge in [0.1, 0.15) is 17.3 Å². The molecule has 1 aromatic heterocycles. The molecule has 1 unspecified atom stereocenters. The summed E-state index contributed by atoms with van der Waals surface area (Å²) in [6.45, 7) is 7.43. The summed E-state index contributed by atoms with van der Waals surface area (Å²) in [5, 5.41) is 13.0. The number of likely N-dealkylation sites (tertiary alicyclic amines) is 1. The number of halogens is 1. The minimum absolute atomic E-state index is 0.00633. The molecule has 234 valence electrons. The fraction of sp³-hybridized carbons (Fsp3) is 0.406. The molecule has 2 aliphatic heterocycles. The standard InChI is InChI=1S/C32H37FN4O5S2/c1-4-44(40,41)25-8-5-22(6-9-25)18-35-31(39)28-17-24-15-20(2)42-32(29(24)43-28)11-13-37(14-12-32)21(3)23-7-10-26(27(33)16-23)30(34)36-19-38/h5-10,16-17,19-21H,4,11-15,18H2,1-3H3,(H,35,39)(H2,34,36,38)/t20-,21?/m0/s1. The second-order valence-corrected chi connectivity index (χ2v) is 14.7. The number of hydrogen-bond donors (Lipinski definition) is 3. The van der Waals surface area contributed by atoms with Gasteiger partial charge in [0.05, 0.1) is 27.2 Å². The number of hydrogen-bond acceptors (Lipinski definition) is 8. The maximum atomic E-state index is 14.7. The maximum absolute atomic E-state index is 14.7. The molecule has 2 aliphatic rings. The zero-order valence-electron chi connectivity index (χ0n) is 25.0. The Morgan fingerprint density at radius 3 is 2.55 bits per heavy atom. The number of thiophene rings is 1. The van der Waals surface area contributed by atoms with Gasteiger partial charge in [-0.15, -0.1) is 11.3 Å². The van der Waals surface area contributed by atoms with E-state index in [1.54, 1.807) is 37.3 Å². The van der Waals surface area contributed by atoms with E-state index in [1.807, 2.05) is 13.0 Å². The van der Waals surface area contributed by atoms with E-state index in [0.29, 0.717) is 11.3 Å². The van der Waals surface area contributed by atoms with E-state index < -0.39 is 21.3 Å². The molecule has 2 amide bonds. The first-order valence-corrected chi connectivity index (χ1v) is 17.2. The Hall–Kier alpha value is -3.45. The van der Waals surface area contributed by atoms with Crippen LogP contribution in [0.3, 0.4) is 0 Å². The third-order valence-electron chi connectivity index (χ3n) is 8.60. The van der Waals surface area contributed by atoms with E-state index in [1.165, 1.54) is 23.5 Å². The Morgan fingerprint density at radius 1 is 1.20 bits per heavy atom. The Labute approximate surface area is 261 Å². The van der Waals surface area contributed by atoms with Crippen LogP contribution in [0.25, 0.3) is 0 Å². The summed E-state index contributed by atoms with van der Waals surface area (Å²) in [5.74, 6) is -0.970. The van der Waals surface area contributed by atoms with E-state index in [9.17, 15) is 22.4 Å². The van der Waals surface area contributed by atoms with Gasteiger partial charge in [-0.05, 0) is 80.1 Å². The van der Waals surface area contributed by atoms with Crippen LogP contribution in [0.2, 0.25) is 0 Å². The van der Waals surface area contributed by atoms with Crippen molar-refractivity contribution in [3.63, 3.8) is 0 Å². The van der Waals surface area contributed by atoms with Crippen molar-refractivity contribution in [3.8, 4) is 0 Å². The number of ether oxygens (including phenoxy) is 1. The molecule has 0 bridgehead atoms. The lowest BCUT2D eigenvalue weighted by atomic mass is 9.83. The Kier molecular flexibility index (Phi) is 9.36. The van der Waals surface area contributed by atoms with Gasteiger partial charge in [-0.2, -0.15) is 0 Å². The van der Waals surface area contributed by atoms with Crippen molar-refractivity contribution < 1.29 is 27.1 Å². The van der Waals surface area contributed by atoms with E-state index in [-0.39, 0.29) is 46.6 Å². The first-order valence-electron chi connectivity index (χ1n) is 14.7. The van der Waals surface area contributed by atoms with Crippen LogP contribution in [0, 0.1) is 11.2 Å². The first kappa shape index (κ1) is 32.0. The third kappa shape index (κ3) is 6.49. The molecule has 3 heterocycles. The number of sulfone groups is 1. The second-order valence-electron chi connectivity index (χ2n) is 11.4. The number of carbonyl (C=O) groups excluding carboxylic acids is 2. The number of carbonyl (C=O) groups is 2. The summed E-state index contributed by atoms with van der Waals surface area (Å²) in [6.07, 6.45) is 2.56. The number of amides is 2. The predicted molar refractivity (Wildman–Crippen MR) is 167 cm³/mol. The van der Waals surface area contributed by atoms with Crippen LogP contribution in [-0.2, 0) is 37.9 Å². The SMILES string of the molecule is CCS(=O)(=O)c1ccc(CNC(=O)c2cc3c(s2)C2(CCN(C(C)c4ccc(C(=N)NC=O)c(F)c4)CC2)O[C@@H](C)C3)cc1. The molecule has 0 radical (unpaired) electrons. The van der Waals surface area contributed by atoms with Crippen molar-refractivity contribution in [1.29, 1.82) is 5.41 Å². The Balaban J connectivity index is 1.25. The zero-order chi connectivity index (χ0) is 31.6. The minimum atomic E-state index is -3.27. The number of piperidine rings is 1. The van der Waals surface area contributed by atoms with Gasteiger partial charge in [-0.3, -0.25) is 19.9 Å². The van der Waals surface area contributed by atoms with Crippen LogP contribution in [0.5, 0.6) is 0 Å². The van der Waals surface area contributed by atoms with Gasteiger partial charge in [0.15, 0.2) is 9.84 Å². The topological polar surface area (TPSA) is 129 Å². The highest BCUT2D eigenvalue weighted by Gasteiger charge is 2.45. The van der Waals surface area contributed by atoms with Gasteiger partial charge >= 0.3 is 0 Å². The number of amidine groups is 1. The molecule has 3 aromatic rings. The van der Waals surface area contributed by atoms with Crippen molar-refractivity contribution in [3.05, 3.63) is 86.4 Å². The Bertz CT molecular complexity index is 1660. The normalized spacial score (nSPS) is 18.8. The molecule has 0 aliphatic carbocycles. The summed E-state index contributed by atoms with van der Waals surface area (Å²) in [7, 11) is -3.27. The molecule has 2 aromatic carbocycles. The fourth-order valence-corrected chi connectivity index (χ4v) is 8.26. The van der Waals surface area contributed by atoms with Crippen LogP contribution in [-0.4, -0.2) is 56.4 Å². The highest BCUT2D eigenvalue weighted by Crippen LogP contribution is 2.48. The average molecular weight is 641 g/mol. The average Bonchev–Trinajstić information content (AvgIpc) is 3.45. The number of fused-ring (bicyclic) bond motifs is 2. The van der Waals surface area contributed by atoms with Gasteiger partial charge in [0, 0.05) is 30.6 Å². The van der Waals surface area contributed by atoms with Gasteiger partial charge in [0.25, 0.3) is 5.91 Å². The van der Waals surface area contributed by atoms with Crippen LogP contribution < -0.4 is 10.6 Å². The molecule has 44 heavy (non-hydrogen) atoms. The summed E-state index contributed by atoms with van der Waals surface area (Å²) in [6, 6.07) is 13.2. The molecule has 1 fully saturated rings. The summed E-state index contributed by atoms with van der Waals surface area (Å²) in [5.41, 5.74) is 2.29. The van der Waals surface area contributed by atoms with E-state index in [4.69, 9.17) is 10.1 Å². The van der Waals surface area contributed by atoms with Crippen molar-refractivity contribution in [2.45, 2.75) is 69.2 Å². The lowest BCUT2D eigenvalue weighted by Gasteiger charge is -2.47. The second kappa shape index (κ2) is 12.9. The molecule has 3 N–H and O–H groups in total. The smallest absolute Gasteiger partial charge is 0.261 e. The molecule has 9 nitrogen and oxygen atoms in total. The summed E-state index contributed by atoms with van der Waals surface area (Å²) in [4.78, 5) is 28.1. The highest BCUT2D eigenvalue weighted by atomic mass is 32.2. The van der Waals surface area contributed by atoms with E-state index in [0.717, 1.165) is 53.9 Å². The van der Waals surface area contributed by atoms with Crippen molar-refractivity contribution in [2.75, 3.05) is 18.8 Å². The number of nitrogens with one attached hydrogen (secondary N) is 3. The maximum Gasteiger partial charge on any atom is 0.261 e. The van der Waals surface area contributed by atoms with E-state index >= 15 is 0 Å². The van der Waals surface area contributed by atoms with Gasteiger partial charge in [0.2, 0.25) is 6.41 Å². The van der Waals surface area contributed by atoms with Crippen molar-refractivity contribution in [2.24, 2.45) is 0 Å². The van der Waals surface area contributed by atoms with Gasteiger partial charge < -0.3 is 15.4 Å². The molecule has 5 rings (SSSR count). The minimum Gasteiger partial charge on any atom is -0.366 e. The summed E-state index contributed by atoms with van der Waals surface area (Å²) < 4.78 is 45.5. The fourth-order valence-electron chi connectivity index (χ4n) is 6.08. The van der Waals surface area contributed by atoms with Crippen LogP contribution in [0.4, 0.5) is 4.39 Å². The number of nitrogens with zero attached hydrogens (tertiary/aromatic N) is 1. The van der Waals surface area contributed by atoms with Crippen molar-refractivity contribution >= 4 is 39.3 Å². The van der Waals surface area contributed by atoms with Crippen molar-refractivity contribution in [1.82, 2.24) is 15.5 Å². The predicted octanol–water partition coefficient (Wildman–Crippen LogP) is 4.70.